The van der Waals surface area contributed by atoms with Gasteiger partial charge >= 0.3 is 11.9 Å². The number of ether oxygens (including phenoxy) is 2. The highest BCUT2D eigenvalue weighted by molar-refractivity contribution is 7.09. The van der Waals surface area contributed by atoms with Crippen LogP contribution < -0.4 is 4.74 Å². The molecule has 0 saturated heterocycles. The van der Waals surface area contributed by atoms with Gasteiger partial charge in [-0.3, -0.25) is 9.59 Å². The first kappa shape index (κ1) is 33.3. The van der Waals surface area contributed by atoms with E-state index in [-0.39, 0.29) is 30.7 Å². The van der Waals surface area contributed by atoms with E-state index in [1.807, 2.05) is 48.1 Å². The highest BCUT2D eigenvalue weighted by Gasteiger charge is 2.19. The number of carbonyl (C=O) groups excluding carboxylic acids is 1. The average molecular weight is 660 g/mol. The molecule has 0 spiro atoms. The van der Waals surface area contributed by atoms with Crippen molar-refractivity contribution in [3.05, 3.63) is 117 Å². The normalized spacial score (nSPS) is 11.0. The first-order valence-corrected chi connectivity index (χ1v) is 15.9. The summed E-state index contributed by atoms with van der Waals surface area (Å²) in [5.74, 6) is -1.06. The van der Waals surface area contributed by atoms with Crippen molar-refractivity contribution in [3.8, 4) is 5.75 Å². The molecule has 0 aliphatic carbocycles. The number of rotatable bonds is 10. The topological polar surface area (TPSA) is 95.6 Å². The lowest BCUT2D eigenvalue weighted by atomic mass is 10.0. The third kappa shape index (κ3) is 7.52. The lowest BCUT2D eigenvalue weighted by Crippen LogP contribution is -2.14. The number of carboxylic acid groups (broad SMARTS) is 1. The SMILES string of the molecule is CCOC(=O)Cn1c(C)c(Cc2nccs2)c2cc(F)ccc21.COc1ccc(Cc2c(C)n(CC(=O)O)c3ccc(F)cc23)cc1. The zero-order valence-corrected chi connectivity index (χ0v) is 27.4. The molecule has 3 aromatic heterocycles. The van der Waals surface area contributed by atoms with Crippen LogP contribution >= 0.6 is 11.3 Å². The van der Waals surface area contributed by atoms with Crippen LogP contribution in [0.5, 0.6) is 5.75 Å². The van der Waals surface area contributed by atoms with Crippen molar-refractivity contribution in [3.63, 3.8) is 0 Å². The lowest BCUT2D eigenvalue weighted by Gasteiger charge is -2.08. The van der Waals surface area contributed by atoms with Gasteiger partial charge in [0.05, 0.1) is 18.7 Å². The molecule has 11 heteroatoms. The van der Waals surface area contributed by atoms with E-state index in [9.17, 15) is 18.4 Å². The van der Waals surface area contributed by atoms with Crippen molar-refractivity contribution >= 4 is 45.1 Å². The minimum Gasteiger partial charge on any atom is -0.497 e. The predicted octanol–water partition coefficient (Wildman–Crippen LogP) is 7.47. The second kappa shape index (κ2) is 14.6. The average Bonchev–Trinajstić information content (AvgIpc) is 3.72. The molecule has 0 fully saturated rings. The molecule has 244 valence electrons. The van der Waals surface area contributed by atoms with Crippen LogP contribution in [-0.2, 0) is 40.3 Å². The van der Waals surface area contributed by atoms with Crippen LogP contribution in [0.3, 0.4) is 0 Å². The number of nitrogens with zero attached hydrogens (tertiary/aromatic N) is 3. The van der Waals surface area contributed by atoms with Gasteiger partial charge in [0.2, 0.25) is 0 Å². The van der Waals surface area contributed by atoms with E-state index < -0.39 is 5.97 Å². The largest absolute Gasteiger partial charge is 0.497 e. The first-order valence-electron chi connectivity index (χ1n) is 15.0. The molecular weight excluding hydrogens is 624 g/mol. The van der Waals surface area contributed by atoms with Gasteiger partial charge in [-0.2, -0.15) is 0 Å². The van der Waals surface area contributed by atoms with Gasteiger partial charge in [0.25, 0.3) is 0 Å². The minimum absolute atomic E-state index is 0.125. The van der Waals surface area contributed by atoms with Gasteiger partial charge in [-0.05, 0) is 92.4 Å². The summed E-state index contributed by atoms with van der Waals surface area (Å²) in [7, 11) is 1.61. The Bertz CT molecular complexity index is 2030. The first-order chi connectivity index (χ1) is 22.6. The van der Waals surface area contributed by atoms with Crippen LogP contribution in [-0.4, -0.2) is 44.9 Å². The molecule has 0 atom stereocenters. The maximum Gasteiger partial charge on any atom is 0.325 e. The molecule has 6 aromatic rings. The lowest BCUT2D eigenvalue weighted by molar-refractivity contribution is -0.143. The van der Waals surface area contributed by atoms with Gasteiger partial charge in [-0.15, -0.1) is 11.3 Å². The zero-order chi connectivity index (χ0) is 33.7. The molecule has 3 heterocycles. The van der Waals surface area contributed by atoms with Crippen molar-refractivity contribution in [1.29, 1.82) is 0 Å². The number of thiazole rings is 1. The Hall–Kier alpha value is -5.03. The van der Waals surface area contributed by atoms with Gasteiger partial charge in [0.15, 0.2) is 0 Å². The second-order valence-corrected chi connectivity index (χ2v) is 11.9. The van der Waals surface area contributed by atoms with Gasteiger partial charge in [-0.25, -0.2) is 13.8 Å². The van der Waals surface area contributed by atoms with Crippen LogP contribution in [0.1, 0.15) is 40.0 Å². The van der Waals surface area contributed by atoms with E-state index in [4.69, 9.17) is 14.6 Å². The van der Waals surface area contributed by atoms with Crippen LogP contribution in [0, 0.1) is 25.5 Å². The van der Waals surface area contributed by atoms with E-state index in [1.165, 1.54) is 24.3 Å². The summed E-state index contributed by atoms with van der Waals surface area (Å²) in [6.07, 6.45) is 2.98. The molecule has 3 aromatic carbocycles. The summed E-state index contributed by atoms with van der Waals surface area (Å²) < 4.78 is 41.2. The summed E-state index contributed by atoms with van der Waals surface area (Å²) in [6.45, 7) is 5.93. The van der Waals surface area contributed by atoms with Gasteiger partial charge < -0.3 is 23.7 Å². The number of hydrogen-bond donors (Lipinski definition) is 1. The maximum atomic E-state index is 13.7. The summed E-state index contributed by atoms with van der Waals surface area (Å²) in [6, 6.07) is 16.8. The van der Waals surface area contributed by atoms with Crippen LogP contribution in [0.25, 0.3) is 21.8 Å². The Morgan fingerprint density at radius 2 is 1.43 bits per heavy atom. The van der Waals surface area contributed by atoms with Crippen molar-refractivity contribution in [2.24, 2.45) is 0 Å². The number of hydrogen-bond acceptors (Lipinski definition) is 6. The van der Waals surface area contributed by atoms with Gasteiger partial charge in [0.1, 0.15) is 30.5 Å². The van der Waals surface area contributed by atoms with Gasteiger partial charge in [0, 0.05) is 51.2 Å². The Balaban J connectivity index is 0.000000185. The van der Waals surface area contributed by atoms with E-state index in [1.54, 1.807) is 48.3 Å². The number of aliphatic carboxylic acids is 1. The molecule has 0 amide bonds. The molecule has 47 heavy (non-hydrogen) atoms. The number of aromatic nitrogens is 3. The Kier molecular flexibility index (Phi) is 10.4. The van der Waals surface area contributed by atoms with E-state index >= 15 is 0 Å². The van der Waals surface area contributed by atoms with E-state index in [2.05, 4.69) is 4.98 Å². The van der Waals surface area contributed by atoms with Crippen LogP contribution in [0.2, 0.25) is 0 Å². The maximum absolute atomic E-state index is 13.7. The number of benzene rings is 3. The molecule has 0 unspecified atom stereocenters. The number of methoxy groups -OCH3 is 1. The highest BCUT2D eigenvalue weighted by Crippen LogP contribution is 2.31. The molecule has 6 rings (SSSR count). The number of carbonyl (C=O) groups is 2. The molecule has 0 aliphatic rings. The van der Waals surface area contributed by atoms with E-state index in [0.29, 0.717) is 19.4 Å². The van der Waals surface area contributed by atoms with Crippen LogP contribution in [0.4, 0.5) is 8.78 Å². The third-order valence-electron chi connectivity index (χ3n) is 8.07. The molecule has 0 radical (unpaired) electrons. The minimum atomic E-state index is -0.921. The fraction of sp³-hybridized carbons (Fsp3) is 0.250. The molecule has 8 nitrogen and oxygen atoms in total. The highest BCUT2D eigenvalue weighted by atomic mass is 32.1. The molecule has 1 N–H and O–H groups in total. The standard InChI is InChI=1S/C19H18FNO3.C17H17FN2O2S/c1-12-16(9-13-3-6-15(24-2)7-4-13)17-10-14(20)5-8-18(17)21(12)11-19(22)23;1-3-22-17(21)10-20-11(2)13(9-16-19-6-7-23-16)14-8-12(18)4-5-15(14)20/h3-8,10H,9,11H2,1-2H3,(H,22,23);4-8H,3,9-10H2,1-2H3. The Labute approximate surface area is 274 Å². The number of esters is 1. The summed E-state index contributed by atoms with van der Waals surface area (Å²) >= 11 is 1.56. The third-order valence-corrected chi connectivity index (χ3v) is 8.85. The summed E-state index contributed by atoms with van der Waals surface area (Å²) in [4.78, 5) is 27.3. The van der Waals surface area contributed by atoms with E-state index in [0.717, 1.165) is 60.6 Å². The molecule has 0 saturated carbocycles. The molecular formula is C36H35F2N3O5S. The second-order valence-electron chi connectivity index (χ2n) is 10.9. The number of carboxylic acids is 1. The van der Waals surface area contributed by atoms with Crippen molar-refractivity contribution in [2.75, 3.05) is 13.7 Å². The Morgan fingerprint density at radius 3 is 1.94 bits per heavy atom. The fourth-order valence-electron chi connectivity index (χ4n) is 5.81. The van der Waals surface area contributed by atoms with Crippen LogP contribution in [0.15, 0.2) is 72.2 Å². The monoisotopic (exact) mass is 659 g/mol. The zero-order valence-electron chi connectivity index (χ0n) is 26.5. The molecule has 0 aliphatic heterocycles. The summed E-state index contributed by atoms with van der Waals surface area (Å²) in [5.41, 5.74) is 6.35. The predicted molar refractivity (Wildman–Crippen MR) is 178 cm³/mol. The van der Waals surface area contributed by atoms with Crippen molar-refractivity contribution in [2.45, 2.75) is 46.7 Å². The van der Waals surface area contributed by atoms with Crippen molar-refractivity contribution < 1.29 is 33.0 Å². The summed E-state index contributed by atoms with van der Waals surface area (Å²) in [5, 5.41) is 13.6. The smallest absolute Gasteiger partial charge is 0.325 e. The van der Waals surface area contributed by atoms with Gasteiger partial charge in [-0.1, -0.05) is 12.1 Å². The fourth-order valence-corrected chi connectivity index (χ4v) is 6.44. The number of fused-ring (bicyclic) bond motifs is 2. The number of halogens is 2. The molecule has 0 bridgehead atoms. The quantitative estimate of drug-likeness (QED) is 0.153. The van der Waals surface area contributed by atoms with Crippen molar-refractivity contribution in [1.82, 2.24) is 14.1 Å². The Morgan fingerprint density at radius 1 is 0.851 bits per heavy atom.